The van der Waals surface area contributed by atoms with Gasteiger partial charge in [0.15, 0.2) is 0 Å². The van der Waals surface area contributed by atoms with E-state index in [9.17, 15) is 13.2 Å². The number of hydrogen-bond donors (Lipinski definition) is 0. The Balaban J connectivity index is 1.70. The highest BCUT2D eigenvalue weighted by atomic mass is 32.2. The summed E-state index contributed by atoms with van der Waals surface area (Å²) in [5.41, 5.74) is 0.636. The second kappa shape index (κ2) is 5.12. The van der Waals surface area contributed by atoms with E-state index < -0.39 is 10.0 Å². The van der Waals surface area contributed by atoms with Crippen molar-refractivity contribution in [1.29, 1.82) is 0 Å². The van der Waals surface area contributed by atoms with E-state index in [-0.39, 0.29) is 17.1 Å². The Morgan fingerprint density at radius 1 is 0.923 bits per heavy atom. The van der Waals surface area contributed by atoms with E-state index in [1.807, 2.05) is 12.1 Å². The van der Waals surface area contributed by atoms with Crippen molar-refractivity contribution in [2.24, 2.45) is 0 Å². The number of sulfonamides is 1. The highest BCUT2D eigenvalue weighted by Crippen LogP contribution is 2.41. The molecule has 0 bridgehead atoms. The lowest BCUT2D eigenvalue weighted by Gasteiger charge is -2.18. The predicted octanol–water partition coefficient (Wildman–Crippen LogP) is 2.11. The molecule has 7 nitrogen and oxygen atoms in total. The molecule has 0 amide bonds. The van der Waals surface area contributed by atoms with Gasteiger partial charge in [0.1, 0.15) is 12.2 Å². The lowest BCUT2D eigenvalue weighted by molar-refractivity contribution is 0.544. The molecule has 0 saturated heterocycles. The predicted molar refractivity (Wildman–Crippen MR) is 97.4 cm³/mol. The Labute approximate surface area is 148 Å². The number of nitrogens with zero attached hydrogens (tertiary/aromatic N) is 4. The zero-order valence-corrected chi connectivity index (χ0v) is 14.2. The van der Waals surface area contributed by atoms with Gasteiger partial charge in [-0.2, -0.15) is 4.68 Å². The van der Waals surface area contributed by atoms with Gasteiger partial charge >= 0.3 is 0 Å². The van der Waals surface area contributed by atoms with Crippen LogP contribution in [0.25, 0.3) is 21.7 Å². The van der Waals surface area contributed by atoms with Crippen LogP contribution < -0.4 is 9.86 Å². The molecule has 4 aromatic rings. The lowest BCUT2D eigenvalue weighted by Crippen LogP contribution is -2.36. The SMILES string of the molecule is O=c1c2ccccc2nnn1CN1c2cccc3cccc(c23)S1(=O)=O. The maximum Gasteiger partial charge on any atom is 0.279 e. The Morgan fingerprint density at radius 2 is 1.69 bits per heavy atom. The van der Waals surface area contributed by atoms with Crippen LogP contribution in [0.3, 0.4) is 0 Å². The quantitative estimate of drug-likeness (QED) is 0.544. The van der Waals surface area contributed by atoms with Crippen molar-refractivity contribution in [3.8, 4) is 0 Å². The Morgan fingerprint density at radius 3 is 2.54 bits per heavy atom. The fraction of sp³-hybridized carbons (Fsp3) is 0.0556. The molecule has 5 rings (SSSR count). The first kappa shape index (κ1) is 15.0. The molecule has 26 heavy (non-hydrogen) atoms. The highest BCUT2D eigenvalue weighted by molar-refractivity contribution is 7.93. The maximum atomic E-state index is 13.0. The molecule has 0 saturated carbocycles. The second-order valence-electron chi connectivity index (χ2n) is 6.04. The van der Waals surface area contributed by atoms with Gasteiger partial charge in [0, 0.05) is 5.39 Å². The van der Waals surface area contributed by atoms with Gasteiger partial charge < -0.3 is 0 Å². The van der Waals surface area contributed by atoms with E-state index >= 15 is 0 Å². The molecule has 8 heteroatoms. The topological polar surface area (TPSA) is 85.2 Å². The monoisotopic (exact) mass is 364 g/mol. The largest absolute Gasteiger partial charge is 0.279 e. The molecule has 3 aromatic carbocycles. The van der Waals surface area contributed by atoms with E-state index in [1.54, 1.807) is 48.5 Å². The van der Waals surface area contributed by atoms with Gasteiger partial charge in [-0.1, -0.05) is 41.6 Å². The van der Waals surface area contributed by atoms with Gasteiger partial charge in [0.05, 0.1) is 16.0 Å². The molecule has 0 radical (unpaired) electrons. The van der Waals surface area contributed by atoms with Gasteiger partial charge in [-0.25, -0.2) is 12.7 Å². The number of anilines is 1. The first-order chi connectivity index (χ1) is 12.6. The average molecular weight is 364 g/mol. The number of hydrogen-bond acceptors (Lipinski definition) is 5. The third kappa shape index (κ3) is 1.93. The van der Waals surface area contributed by atoms with E-state index in [4.69, 9.17) is 0 Å². The number of aromatic nitrogens is 3. The summed E-state index contributed by atoms with van der Waals surface area (Å²) >= 11 is 0. The molecule has 0 N–H and O–H groups in total. The molecule has 1 aromatic heterocycles. The van der Waals surface area contributed by atoms with E-state index in [1.165, 1.54) is 4.31 Å². The number of benzene rings is 3. The van der Waals surface area contributed by atoms with Gasteiger partial charge in [-0.15, -0.1) is 5.10 Å². The minimum Gasteiger partial charge on any atom is -0.267 e. The van der Waals surface area contributed by atoms with Gasteiger partial charge in [-0.3, -0.25) is 4.79 Å². The molecule has 0 aliphatic carbocycles. The summed E-state index contributed by atoms with van der Waals surface area (Å²) in [5.74, 6) is 0. The first-order valence-corrected chi connectivity index (χ1v) is 9.38. The second-order valence-corrected chi connectivity index (χ2v) is 7.87. The van der Waals surface area contributed by atoms with Gasteiger partial charge in [0.25, 0.3) is 15.6 Å². The third-order valence-corrected chi connectivity index (χ3v) is 6.36. The van der Waals surface area contributed by atoms with Crippen molar-refractivity contribution >= 4 is 37.4 Å². The standard InChI is InChI=1S/C18H12N4O3S/c23-18-13-7-1-2-8-14(13)19-20-21(18)11-22-15-9-3-5-12-6-4-10-16(17(12)15)26(22,24)25/h1-10H,11H2. The van der Waals surface area contributed by atoms with Crippen LogP contribution in [0, 0.1) is 0 Å². The molecule has 0 unspecified atom stereocenters. The van der Waals surface area contributed by atoms with Crippen molar-refractivity contribution in [2.75, 3.05) is 4.31 Å². The van der Waals surface area contributed by atoms with Crippen LogP contribution in [0.15, 0.2) is 70.4 Å². The first-order valence-electron chi connectivity index (χ1n) is 7.94. The van der Waals surface area contributed by atoms with Crippen LogP contribution >= 0.6 is 0 Å². The fourth-order valence-electron chi connectivity index (χ4n) is 3.35. The molecule has 128 valence electrons. The number of rotatable bonds is 2. The summed E-state index contributed by atoms with van der Waals surface area (Å²) in [4.78, 5) is 12.9. The maximum absolute atomic E-state index is 13.0. The van der Waals surface area contributed by atoms with E-state index in [0.29, 0.717) is 22.0 Å². The summed E-state index contributed by atoms with van der Waals surface area (Å²) in [6.45, 7) is -0.229. The van der Waals surface area contributed by atoms with Crippen LogP contribution in [0.1, 0.15) is 0 Å². The van der Waals surface area contributed by atoms with Crippen LogP contribution in [0.2, 0.25) is 0 Å². The van der Waals surface area contributed by atoms with Crippen molar-refractivity contribution in [3.63, 3.8) is 0 Å². The summed E-state index contributed by atoms with van der Waals surface area (Å²) in [6.07, 6.45) is 0. The molecular formula is C18H12N4O3S. The number of fused-ring (bicyclic) bond motifs is 1. The smallest absolute Gasteiger partial charge is 0.267 e. The lowest BCUT2D eigenvalue weighted by atomic mass is 10.1. The fourth-order valence-corrected chi connectivity index (χ4v) is 4.99. The summed E-state index contributed by atoms with van der Waals surface area (Å²) in [5, 5.41) is 9.83. The van der Waals surface area contributed by atoms with E-state index in [0.717, 1.165) is 10.1 Å². The van der Waals surface area contributed by atoms with Gasteiger partial charge in [0.2, 0.25) is 0 Å². The molecule has 0 spiro atoms. The van der Waals surface area contributed by atoms with Gasteiger partial charge in [-0.05, 0) is 29.7 Å². The van der Waals surface area contributed by atoms with Crippen LogP contribution in [-0.2, 0) is 16.7 Å². The average Bonchev–Trinajstić information content (AvgIpc) is 2.87. The Hall–Kier alpha value is -3.26. The van der Waals surface area contributed by atoms with Crippen molar-refractivity contribution in [3.05, 3.63) is 71.0 Å². The zero-order valence-electron chi connectivity index (χ0n) is 13.4. The Bertz CT molecular complexity index is 1360. The third-order valence-electron chi connectivity index (χ3n) is 4.57. The molecular weight excluding hydrogens is 352 g/mol. The molecule has 2 heterocycles. The molecule has 0 atom stereocenters. The normalized spacial score (nSPS) is 15.0. The zero-order chi connectivity index (χ0) is 17.9. The van der Waals surface area contributed by atoms with Crippen molar-refractivity contribution in [2.45, 2.75) is 11.6 Å². The Kier molecular flexibility index (Phi) is 2.96. The minimum absolute atomic E-state index is 0.229. The highest BCUT2D eigenvalue weighted by Gasteiger charge is 2.36. The molecule has 0 fully saturated rings. The molecule has 1 aliphatic heterocycles. The van der Waals surface area contributed by atoms with Crippen molar-refractivity contribution in [1.82, 2.24) is 15.0 Å². The van der Waals surface area contributed by atoms with Crippen molar-refractivity contribution < 1.29 is 8.42 Å². The van der Waals surface area contributed by atoms with Crippen LogP contribution in [-0.4, -0.2) is 23.4 Å². The summed E-state index contributed by atoms with van der Waals surface area (Å²) < 4.78 is 28.3. The van der Waals surface area contributed by atoms with Crippen LogP contribution in [0.4, 0.5) is 5.69 Å². The summed E-state index contributed by atoms with van der Waals surface area (Å²) in [6, 6.07) is 17.4. The van der Waals surface area contributed by atoms with Crippen LogP contribution in [0.5, 0.6) is 0 Å². The minimum atomic E-state index is -3.76. The summed E-state index contributed by atoms with van der Waals surface area (Å²) in [7, 11) is -3.76. The molecule has 1 aliphatic rings. The van der Waals surface area contributed by atoms with E-state index in [2.05, 4.69) is 10.3 Å².